The molecule has 0 saturated heterocycles. The smallest absolute Gasteiger partial charge is 0.342 e. The fourth-order valence-corrected chi connectivity index (χ4v) is 2.37. The minimum absolute atomic E-state index is 0.198. The molecule has 0 saturated carbocycles. The number of methoxy groups -OCH3 is 2. The van der Waals surface area contributed by atoms with Gasteiger partial charge in [0.2, 0.25) is 0 Å². The predicted molar refractivity (Wildman–Crippen MR) is 94.3 cm³/mol. The molecule has 6 nitrogen and oxygen atoms in total. The minimum Gasteiger partial charge on any atom is -0.493 e. The SMILES string of the molecule is COc1cccc(C(=O)OC(C)C(=O)N(C)c2ccccc2)c1OC. The van der Waals surface area contributed by atoms with Crippen LogP contribution >= 0.6 is 0 Å². The number of anilines is 1. The molecule has 0 aliphatic heterocycles. The minimum atomic E-state index is -0.950. The fourth-order valence-electron chi connectivity index (χ4n) is 2.37. The first kappa shape index (κ1) is 18.3. The Morgan fingerprint density at radius 1 is 0.960 bits per heavy atom. The molecule has 0 radical (unpaired) electrons. The number of nitrogens with zero attached hydrogens (tertiary/aromatic N) is 1. The van der Waals surface area contributed by atoms with Gasteiger partial charge in [-0.05, 0) is 31.2 Å². The van der Waals surface area contributed by atoms with Crippen molar-refractivity contribution < 1.29 is 23.8 Å². The summed E-state index contributed by atoms with van der Waals surface area (Å²) in [5.41, 5.74) is 0.915. The van der Waals surface area contributed by atoms with E-state index in [1.165, 1.54) is 26.0 Å². The molecular formula is C19H21NO5. The zero-order chi connectivity index (χ0) is 18.4. The summed E-state index contributed by atoms with van der Waals surface area (Å²) in [6.07, 6.45) is -0.950. The molecule has 0 fully saturated rings. The van der Waals surface area contributed by atoms with Gasteiger partial charge < -0.3 is 19.1 Å². The summed E-state index contributed by atoms with van der Waals surface area (Å²) in [6.45, 7) is 1.53. The third-order valence-electron chi connectivity index (χ3n) is 3.73. The maximum atomic E-state index is 12.5. The molecule has 0 bridgehead atoms. The van der Waals surface area contributed by atoms with Gasteiger partial charge in [0.15, 0.2) is 17.6 Å². The van der Waals surface area contributed by atoms with Crippen LogP contribution in [0.5, 0.6) is 11.5 Å². The van der Waals surface area contributed by atoms with Gasteiger partial charge in [0.25, 0.3) is 5.91 Å². The molecule has 0 aliphatic carbocycles. The van der Waals surface area contributed by atoms with Gasteiger partial charge in [-0.25, -0.2) is 4.79 Å². The Hall–Kier alpha value is -3.02. The average Bonchev–Trinajstić information content (AvgIpc) is 2.66. The van der Waals surface area contributed by atoms with Crippen LogP contribution in [0, 0.1) is 0 Å². The summed E-state index contributed by atoms with van der Waals surface area (Å²) in [5, 5.41) is 0. The monoisotopic (exact) mass is 343 g/mol. The van der Waals surface area contributed by atoms with Crippen LogP contribution in [0.25, 0.3) is 0 Å². The molecule has 1 atom stereocenters. The van der Waals surface area contributed by atoms with E-state index in [2.05, 4.69) is 0 Å². The highest BCUT2D eigenvalue weighted by molar-refractivity contribution is 5.99. The number of likely N-dealkylation sites (N-methyl/N-ethyl adjacent to an activating group) is 1. The fraction of sp³-hybridized carbons (Fsp3) is 0.263. The first-order valence-electron chi connectivity index (χ1n) is 7.74. The van der Waals surface area contributed by atoms with E-state index < -0.39 is 12.1 Å². The second-order valence-electron chi connectivity index (χ2n) is 5.32. The maximum absolute atomic E-state index is 12.5. The van der Waals surface area contributed by atoms with Gasteiger partial charge in [-0.1, -0.05) is 24.3 Å². The second-order valence-corrected chi connectivity index (χ2v) is 5.32. The molecule has 2 rings (SSSR count). The Kier molecular flexibility index (Phi) is 6.00. The lowest BCUT2D eigenvalue weighted by atomic mass is 10.2. The number of carbonyl (C=O) groups is 2. The molecule has 1 amide bonds. The van der Waals surface area contributed by atoms with Crippen LogP contribution < -0.4 is 14.4 Å². The molecule has 0 aliphatic rings. The zero-order valence-corrected chi connectivity index (χ0v) is 14.7. The van der Waals surface area contributed by atoms with E-state index in [1.54, 1.807) is 37.4 Å². The Bertz CT molecular complexity index is 745. The van der Waals surface area contributed by atoms with Crippen molar-refractivity contribution in [2.24, 2.45) is 0 Å². The van der Waals surface area contributed by atoms with Crippen molar-refractivity contribution in [2.75, 3.05) is 26.2 Å². The standard InChI is InChI=1S/C19H21NO5/c1-13(18(21)20(2)14-9-6-5-7-10-14)25-19(22)15-11-8-12-16(23-3)17(15)24-4/h5-13H,1-4H3. The molecule has 0 heterocycles. The van der Waals surface area contributed by atoms with Crippen LogP contribution in [-0.2, 0) is 9.53 Å². The molecule has 25 heavy (non-hydrogen) atoms. The van der Waals surface area contributed by atoms with E-state index in [0.717, 1.165) is 0 Å². The molecule has 2 aromatic rings. The summed E-state index contributed by atoms with van der Waals surface area (Å²) < 4.78 is 15.7. The lowest BCUT2D eigenvalue weighted by Gasteiger charge is -2.22. The molecule has 0 aromatic heterocycles. The van der Waals surface area contributed by atoms with Gasteiger partial charge in [-0.2, -0.15) is 0 Å². The van der Waals surface area contributed by atoms with E-state index in [0.29, 0.717) is 11.4 Å². The number of rotatable bonds is 6. The first-order chi connectivity index (χ1) is 12.0. The highest BCUT2D eigenvalue weighted by atomic mass is 16.6. The zero-order valence-electron chi connectivity index (χ0n) is 14.7. The first-order valence-corrected chi connectivity index (χ1v) is 7.74. The number of hydrogen-bond acceptors (Lipinski definition) is 5. The largest absolute Gasteiger partial charge is 0.493 e. The van der Waals surface area contributed by atoms with Crippen molar-refractivity contribution in [3.05, 3.63) is 54.1 Å². The molecule has 1 unspecified atom stereocenters. The Morgan fingerprint density at radius 2 is 1.64 bits per heavy atom. The summed E-state index contributed by atoms with van der Waals surface area (Å²) in [5.74, 6) is -0.303. The van der Waals surface area contributed by atoms with Crippen LogP contribution in [0.4, 0.5) is 5.69 Å². The van der Waals surface area contributed by atoms with Gasteiger partial charge in [0.1, 0.15) is 5.56 Å². The highest BCUT2D eigenvalue weighted by Gasteiger charge is 2.25. The van der Waals surface area contributed by atoms with Gasteiger partial charge in [-0.15, -0.1) is 0 Å². The second kappa shape index (κ2) is 8.19. The van der Waals surface area contributed by atoms with Crippen molar-refractivity contribution >= 4 is 17.6 Å². The molecule has 132 valence electrons. The normalized spacial score (nSPS) is 11.4. The number of amides is 1. The maximum Gasteiger partial charge on any atom is 0.342 e. The summed E-state index contributed by atoms with van der Waals surface area (Å²) in [4.78, 5) is 26.4. The highest BCUT2D eigenvalue weighted by Crippen LogP contribution is 2.31. The van der Waals surface area contributed by atoms with Crippen molar-refractivity contribution in [1.29, 1.82) is 0 Å². The van der Waals surface area contributed by atoms with Gasteiger partial charge in [-0.3, -0.25) is 4.79 Å². The lowest BCUT2D eigenvalue weighted by Crippen LogP contribution is -2.37. The summed E-state index contributed by atoms with van der Waals surface area (Å²) >= 11 is 0. The lowest BCUT2D eigenvalue weighted by molar-refractivity contribution is -0.126. The third-order valence-corrected chi connectivity index (χ3v) is 3.73. The number of para-hydroxylation sites is 2. The van der Waals surface area contributed by atoms with E-state index in [1.807, 2.05) is 18.2 Å². The van der Waals surface area contributed by atoms with Crippen molar-refractivity contribution in [2.45, 2.75) is 13.0 Å². The molecule has 0 spiro atoms. The van der Waals surface area contributed by atoms with E-state index in [-0.39, 0.29) is 17.2 Å². The predicted octanol–water partition coefficient (Wildman–Crippen LogP) is 2.91. The molecule has 6 heteroatoms. The van der Waals surface area contributed by atoms with Crippen molar-refractivity contribution in [3.8, 4) is 11.5 Å². The van der Waals surface area contributed by atoms with Gasteiger partial charge in [0, 0.05) is 12.7 Å². The number of hydrogen-bond donors (Lipinski definition) is 0. The summed E-state index contributed by atoms with van der Waals surface area (Å²) in [6, 6.07) is 14.0. The average molecular weight is 343 g/mol. The van der Waals surface area contributed by atoms with E-state index in [9.17, 15) is 9.59 Å². The Morgan fingerprint density at radius 3 is 2.24 bits per heavy atom. The van der Waals surface area contributed by atoms with Gasteiger partial charge >= 0.3 is 5.97 Å². The topological polar surface area (TPSA) is 65.1 Å². The Balaban J connectivity index is 2.14. The number of ether oxygens (including phenoxy) is 3. The number of benzene rings is 2. The molecule has 0 N–H and O–H groups in total. The van der Waals surface area contributed by atoms with Gasteiger partial charge in [0.05, 0.1) is 14.2 Å². The quantitative estimate of drug-likeness (QED) is 0.755. The van der Waals surface area contributed by atoms with Crippen LogP contribution in [-0.4, -0.2) is 39.2 Å². The third kappa shape index (κ3) is 4.09. The molecule has 2 aromatic carbocycles. The number of esters is 1. The van der Waals surface area contributed by atoms with E-state index in [4.69, 9.17) is 14.2 Å². The van der Waals surface area contributed by atoms with E-state index >= 15 is 0 Å². The van der Waals surface area contributed by atoms with Crippen LogP contribution in [0.1, 0.15) is 17.3 Å². The van der Waals surface area contributed by atoms with Crippen LogP contribution in [0.3, 0.4) is 0 Å². The molecular weight excluding hydrogens is 322 g/mol. The van der Waals surface area contributed by atoms with Crippen LogP contribution in [0.15, 0.2) is 48.5 Å². The number of carbonyl (C=O) groups excluding carboxylic acids is 2. The Labute approximate surface area is 146 Å². The van der Waals surface area contributed by atoms with Crippen molar-refractivity contribution in [1.82, 2.24) is 0 Å². The summed E-state index contributed by atoms with van der Waals surface area (Å²) in [7, 11) is 4.55. The van der Waals surface area contributed by atoms with Crippen molar-refractivity contribution in [3.63, 3.8) is 0 Å². The van der Waals surface area contributed by atoms with Crippen LogP contribution in [0.2, 0.25) is 0 Å².